The average Bonchev–Trinajstić information content (AvgIpc) is 1.94. The predicted octanol–water partition coefficient (Wildman–Crippen LogP) is 2.36. The van der Waals surface area contributed by atoms with Crippen LogP contribution in [-0.2, 0) is 0 Å². The summed E-state index contributed by atoms with van der Waals surface area (Å²) in [4.78, 5) is 13.4. The predicted molar refractivity (Wildman–Crippen MR) is 51.3 cm³/mol. The summed E-state index contributed by atoms with van der Waals surface area (Å²) in [5.41, 5.74) is 0. The number of pyridine rings is 1. The molecule has 1 rings (SSSR count). The quantitative estimate of drug-likeness (QED) is 0.344. The minimum atomic E-state index is -0.519. The topological polar surface area (TPSA) is 56.0 Å². The first-order chi connectivity index (χ1) is 5.11. The summed E-state index contributed by atoms with van der Waals surface area (Å²) in [7, 11) is 0. The van der Waals surface area contributed by atoms with Crippen LogP contribution >= 0.6 is 38.5 Å². The number of hydrogen-bond donors (Lipinski definition) is 0. The van der Waals surface area contributed by atoms with E-state index in [2.05, 4.69) is 20.9 Å². The van der Waals surface area contributed by atoms with Crippen molar-refractivity contribution in [1.82, 2.24) is 4.98 Å². The van der Waals surface area contributed by atoms with E-state index in [-0.39, 0.29) is 5.82 Å². The Hall–Kier alpha value is -0.240. The first-order valence-electron chi connectivity index (χ1n) is 2.57. The largest absolute Gasteiger partial charge is 0.364 e. The van der Waals surface area contributed by atoms with E-state index in [0.29, 0.717) is 3.70 Å². The summed E-state index contributed by atoms with van der Waals surface area (Å²) >= 11 is 5.11. The minimum Gasteiger partial charge on any atom is -0.358 e. The molecule has 0 bridgehead atoms. The van der Waals surface area contributed by atoms with Crippen LogP contribution in [0.15, 0.2) is 16.6 Å². The lowest BCUT2D eigenvalue weighted by Crippen LogP contribution is -1.93. The standard InChI is InChI=1S/C5H2BrIN2O2/c6-3-1-2-4(9(10)11)8-5(3)7/h1-2H. The molecule has 0 fully saturated rings. The van der Waals surface area contributed by atoms with E-state index in [1.54, 1.807) is 6.07 Å². The number of rotatable bonds is 1. The van der Waals surface area contributed by atoms with Crippen molar-refractivity contribution in [3.63, 3.8) is 0 Å². The summed E-state index contributed by atoms with van der Waals surface area (Å²) in [6.45, 7) is 0. The van der Waals surface area contributed by atoms with E-state index in [1.165, 1.54) is 6.07 Å². The van der Waals surface area contributed by atoms with E-state index in [4.69, 9.17) is 0 Å². The van der Waals surface area contributed by atoms with Gasteiger partial charge >= 0.3 is 5.82 Å². The van der Waals surface area contributed by atoms with Crippen molar-refractivity contribution in [2.75, 3.05) is 0 Å². The highest BCUT2D eigenvalue weighted by atomic mass is 127. The van der Waals surface area contributed by atoms with E-state index >= 15 is 0 Å². The highest BCUT2D eigenvalue weighted by Crippen LogP contribution is 2.19. The van der Waals surface area contributed by atoms with Crippen molar-refractivity contribution in [1.29, 1.82) is 0 Å². The smallest absolute Gasteiger partial charge is 0.358 e. The van der Waals surface area contributed by atoms with Gasteiger partial charge in [0.15, 0.2) is 0 Å². The Labute approximate surface area is 84.4 Å². The Morgan fingerprint density at radius 1 is 1.64 bits per heavy atom. The molecule has 1 aromatic rings. The van der Waals surface area contributed by atoms with Crippen LogP contribution in [-0.4, -0.2) is 9.91 Å². The SMILES string of the molecule is O=[N+]([O-])c1ccc(Br)c(I)n1. The van der Waals surface area contributed by atoms with Crippen molar-refractivity contribution in [3.05, 3.63) is 30.4 Å². The molecule has 0 saturated heterocycles. The third-order valence-corrected chi connectivity index (χ3v) is 3.18. The lowest BCUT2D eigenvalue weighted by Gasteiger charge is -1.91. The van der Waals surface area contributed by atoms with Crippen molar-refractivity contribution in [2.24, 2.45) is 0 Å². The molecule has 0 aliphatic rings. The van der Waals surface area contributed by atoms with E-state index in [0.717, 1.165) is 4.47 Å². The van der Waals surface area contributed by atoms with Gasteiger partial charge in [0, 0.05) is 28.7 Å². The van der Waals surface area contributed by atoms with Gasteiger partial charge in [-0.15, -0.1) is 0 Å². The summed E-state index contributed by atoms with van der Waals surface area (Å²) in [6, 6.07) is 2.96. The fourth-order valence-corrected chi connectivity index (χ4v) is 1.16. The molecule has 0 amide bonds. The second-order valence-corrected chi connectivity index (χ2v) is 3.58. The van der Waals surface area contributed by atoms with Gasteiger partial charge in [-0.25, -0.2) is 0 Å². The third-order valence-electron chi connectivity index (χ3n) is 0.976. The monoisotopic (exact) mass is 328 g/mol. The van der Waals surface area contributed by atoms with E-state index in [9.17, 15) is 10.1 Å². The molecule has 0 atom stereocenters. The molecule has 1 heterocycles. The zero-order valence-electron chi connectivity index (χ0n) is 5.12. The highest BCUT2D eigenvalue weighted by Gasteiger charge is 2.10. The molecular weight excluding hydrogens is 327 g/mol. The van der Waals surface area contributed by atoms with Gasteiger partial charge in [-0.2, -0.15) is 0 Å². The number of nitro groups is 1. The molecule has 0 unspecified atom stereocenters. The van der Waals surface area contributed by atoms with Crippen molar-refractivity contribution in [3.8, 4) is 0 Å². The lowest BCUT2D eigenvalue weighted by atomic mass is 10.5. The molecular formula is C5H2BrIN2O2. The van der Waals surface area contributed by atoms with Crippen molar-refractivity contribution in [2.45, 2.75) is 0 Å². The third kappa shape index (κ3) is 2.09. The van der Waals surface area contributed by atoms with Crippen LogP contribution in [0.2, 0.25) is 0 Å². The molecule has 6 heteroatoms. The van der Waals surface area contributed by atoms with Crippen LogP contribution in [0, 0.1) is 13.8 Å². The second-order valence-electron chi connectivity index (χ2n) is 1.70. The Balaban J connectivity index is 3.15. The molecule has 0 aliphatic heterocycles. The molecule has 0 radical (unpaired) electrons. The van der Waals surface area contributed by atoms with Gasteiger partial charge in [0.25, 0.3) is 0 Å². The molecule has 0 aromatic carbocycles. The Bertz CT molecular complexity index is 305. The van der Waals surface area contributed by atoms with Gasteiger partial charge in [-0.05, 0) is 31.9 Å². The van der Waals surface area contributed by atoms with Gasteiger partial charge in [0.1, 0.15) is 0 Å². The molecule has 0 saturated carbocycles. The summed E-state index contributed by atoms with van der Waals surface area (Å²) in [5.74, 6) is -0.127. The van der Waals surface area contributed by atoms with Crippen LogP contribution in [0.1, 0.15) is 0 Å². The van der Waals surface area contributed by atoms with Gasteiger partial charge in [-0.3, -0.25) is 0 Å². The minimum absolute atomic E-state index is 0.127. The molecule has 58 valence electrons. The number of nitrogens with zero attached hydrogens (tertiary/aromatic N) is 2. The average molecular weight is 329 g/mol. The fourth-order valence-electron chi connectivity index (χ4n) is 0.509. The summed E-state index contributed by atoms with van der Waals surface area (Å²) in [5, 5.41) is 10.2. The number of aromatic nitrogens is 1. The Morgan fingerprint density at radius 2 is 2.27 bits per heavy atom. The maximum absolute atomic E-state index is 10.2. The first-order valence-corrected chi connectivity index (χ1v) is 4.45. The van der Waals surface area contributed by atoms with E-state index in [1.807, 2.05) is 22.6 Å². The van der Waals surface area contributed by atoms with Crippen LogP contribution in [0.25, 0.3) is 0 Å². The summed E-state index contributed by atoms with van der Waals surface area (Å²) < 4.78 is 1.36. The van der Waals surface area contributed by atoms with Crippen molar-refractivity contribution >= 4 is 44.3 Å². The number of hydrogen-bond acceptors (Lipinski definition) is 3. The van der Waals surface area contributed by atoms with Gasteiger partial charge < -0.3 is 10.1 Å². The molecule has 1 aromatic heterocycles. The second kappa shape index (κ2) is 3.44. The van der Waals surface area contributed by atoms with E-state index < -0.39 is 4.92 Å². The normalized spacial score (nSPS) is 9.64. The zero-order valence-corrected chi connectivity index (χ0v) is 8.87. The van der Waals surface area contributed by atoms with Gasteiger partial charge in [0.2, 0.25) is 3.70 Å². The fraction of sp³-hybridized carbons (Fsp3) is 0. The van der Waals surface area contributed by atoms with Gasteiger partial charge in [0.05, 0.1) is 4.47 Å². The lowest BCUT2D eigenvalue weighted by molar-refractivity contribution is -0.389. The van der Waals surface area contributed by atoms with Crippen LogP contribution in [0.5, 0.6) is 0 Å². The first kappa shape index (κ1) is 8.85. The molecule has 0 aliphatic carbocycles. The Kier molecular flexibility index (Phi) is 2.77. The Morgan fingerprint density at radius 3 is 2.73 bits per heavy atom. The molecule has 4 nitrogen and oxygen atoms in total. The maximum atomic E-state index is 10.2. The van der Waals surface area contributed by atoms with Crippen LogP contribution in [0.3, 0.4) is 0 Å². The summed E-state index contributed by atoms with van der Waals surface area (Å²) in [6.07, 6.45) is 0. The van der Waals surface area contributed by atoms with Gasteiger partial charge in [-0.1, -0.05) is 0 Å². The molecule has 0 spiro atoms. The zero-order chi connectivity index (χ0) is 8.43. The maximum Gasteiger partial charge on any atom is 0.364 e. The number of halogens is 2. The molecule has 0 N–H and O–H groups in total. The van der Waals surface area contributed by atoms with Crippen LogP contribution in [0.4, 0.5) is 5.82 Å². The highest BCUT2D eigenvalue weighted by molar-refractivity contribution is 14.1. The molecule has 11 heavy (non-hydrogen) atoms. The van der Waals surface area contributed by atoms with Crippen LogP contribution < -0.4 is 0 Å². The van der Waals surface area contributed by atoms with Crippen molar-refractivity contribution < 1.29 is 4.92 Å².